The first-order chi connectivity index (χ1) is 11.6. The molecule has 132 valence electrons. The Balaban J connectivity index is 2.65. The number of hydrogen-bond acceptors (Lipinski definition) is 2. The Hall–Kier alpha value is -3.04. The zero-order valence-electron chi connectivity index (χ0n) is 12.1. The number of rotatable bonds is 3. The number of hydrogen-bond donors (Lipinski definition) is 1. The highest BCUT2D eigenvalue weighted by molar-refractivity contribution is 5.99. The Bertz CT molecular complexity index is 851. The molecule has 0 fully saturated rings. The first kappa shape index (κ1) is 18.3. The number of alkyl halides is 3. The molecule has 4 nitrogen and oxygen atoms in total. The lowest BCUT2D eigenvalue weighted by atomic mass is 10.1. The minimum atomic E-state index is -4.84. The molecule has 10 heteroatoms. The molecule has 25 heavy (non-hydrogen) atoms. The molecule has 0 unspecified atom stereocenters. The Morgan fingerprint density at radius 2 is 1.60 bits per heavy atom. The molecule has 2 rings (SSSR count). The lowest BCUT2D eigenvalue weighted by molar-refractivity contribution is -0.137. The van der Waals surface area contributed by atoms with Crippen molar-refractivity contribution in [1.82, 2.24) is 0 Å². The van der Waals surface area contributed by atoms with Gasteiger partial charge in [-0.25, -0.2) is 18.0 Å². The van der Waals surface area contributed by atoms with Crippen LogP contribution in [0.5, 0.6) is 0 Å². The van der Waals surface area contributed by atoms with Crippen molar-refractivity contribution >= 4 is 23.7 Å². The van der Waals surface area contributed by atoms with Gasteiger partial charge in [-0.1, -0.05) is 0 Å². The van der Waals surface area contributed by atoms with Crippen LogP contribution in [-0.2, 0) is 6.18 Å². The van der Waals surface area contributed by atoms with Crippen LogP contribution in [0.3, 0.4) is 0 Å². The third-order valence-electron chi connectivity index (χ3n) is 3.20. The third kappa shape index (κ3) is 3.42. The zero-order chi connectivity index (χ0) is 18.9. The molecule has 0 aliphatic carbocycles. The van der Waals surface area contributed by atoms with Gasteiger partial charge < -0.3 is 5.73 Å². The largest absolute Gasteiger partial charge is 0.416 e. The predicted molar refractivity (Wildman–Crippen MR) is 74.9 cm³/mol. The molecular weight excluding hydrogens is 354 g/mol. The maximum absolute atomic E-state index is 14.2. The Morgan fingerprint density at radius 3 is 2.08 bits per heavy atom. The summed E-state index contributed by atoms with van der Waals surface area (Å²) in [5, 5.41) is 0. The average molecular weight is 362 g/mol. The quantitative estimate of drug-likeness (QED) is 0.659. The Labute approximate surface area is 136 Å². The second-order valence-corrected chi connectivity index (χ2v) is 4.75. The van der Waals surface area contributed by atoms with Crippen molar-refractivity contribution in [1.29, 1.82) is 0 Å². The van der Waals surface area contributed by atoms with E-state index in [1.807, 2.05) is 0 Å². The summed E-state index contributed by atoms with van der Waals surface area (Å²) in [7, 11) is 0. The first-order valence-electron chi connectivity index (χ1n) is 6.47. The van der Waals surface area contributed by atoms with Gasteiger partial charge in [0.15, 0.2) is 12.1 Å². The van der Waals surface area contributed by atoms with Gasteiger partial charge in [-0.3, -0.25) is 9.69 Å². The van der Waals surface area contributed by atoms with Crippen LogP contribution in [-0.4, -0.2) is 12.3 Å². The molecule has 2 aromatic rings. The number of halogens is 6. The van der Waals surface area contributed by atoms with Crippen molar-refractivity contribution < 1.29 is 35.9 Å². The topological polar surface area (TPSA) is 63.4 Å². The van der Waals surface area contributed by atoms with E-state index >= 15 is 0 Å². The summed E-state index contributed by atoms with van der Waals surface area (Å²) in [6.07, 6.45) is -5.01. The molecule has 0 atom stereocenters. The van der Waals surface area contributed by atoms with Crippen LogP contribution in [0.15, 0.2) is 30.3 Å². The van der Waals surface area contributed by atoms with Gasteiger partial charge in [-0.05, 0) is 30.3 Å². The van der Waals surface area contributed by atoms with Gasteiger partial charge >= 0.3 is 12.2 Å². The van der Waals surface area contributed by atoms with Gasteiger partial charge in [-0.2, -0.15) is 13.2 Å². The van der Waals surface area contributed by atoms with Crippen LogP contribution in [0.4, 0.5) is 42.5 Å². The van der Waals surface area contributed by atoms with Crippen molar-refractivity contribution in [3.8, 4) is 0 Å². The maximum Gasteiger partial charge on any atom is 0.416 e. The summed E-state index contributed by atoms with van der Waals surface area (Å²) < 4.78 is 79.3. The fraction of sp³-hybridized carbons (Fsp3) is 0.0667. The number of anilines is 2. The van der Waals surface area contributed by atoms with Gasteiger partial charge in [0, 0.05) is 0 Å². The summed E-state index contributed by atoms with van der Waals surface area (Å²) in [6, 6.07) is 0.969. The van der Waals surface area contributed by atoms with E-state index in [0.717, 1.165) is 0 Å². The summed E-state index contributed by atoms with van der Waals surface area (Å²) in [5.41, 5.74) is 1.06. The number of nitrogens with zero attached hydrogens (tertiary/aromatic N) is 1. The average Bonchev–Trinajstić information content (AvgIpc) is 2.50. The van der Waals surface area contributed by atoms with Crippen molar-refractivity contribution in [3.05, 3.63) is 58.9 Å². The van der Waals surface area contributed by atoms with Gasteiger partial charge in [0.1, 0.15) is 11.6 Å². The highest BCUT2D eigenvalue weighted by atomic mass is 19.4. The normalized spacial score (nSPS) is 11.3. The van der Waals surface area contributed by atoms with Gasteiger partial charge in [0.05, 0.1) is 22.5 Å². The maximum atomic E-state index is 14.2. The van der Waals surface area contributed by atoms with Crippen molar-refractivity contribution in [2.45, 2.75) is 6.18 Å². The molecular formula is C15H8F6N2O2. The molecule has 0 saturated carbocycles. The van der Waals surface area contributed by atoms with E-state index in [1.165, 1.54) is 0 Å². The molecule has 2 N–H and O–H groups in total. The van der Waals surface area contributed by atoms with E-state index in [0.29, 0.717) is 24.3 Å². The van der Waals surface area contributed by atoms with Crippen LogP contribution >= 0.6 is 0 Å². The van der Waals surface area contributed by atoms with Crippen LogP contribution in [0.1, 0.15) is 15.9 Å². The molecule has 0 aliphatic rings. The number of primary amides is 1. The molecule has 0 aliphatic heterocycles. The SMILES string of the molecule is NC(=O)N(c1ccc(C(F)(F)F)cc1F)c1ccc(F)c(C=O)c1F. The van der Waals surface area contributed by atoms with Gasteiger partial charge in [0.2, 0.25) is 0 Å². The van der Waals surface area contributed by atoms with Crippen LogP contribution in [0, 0.1) is 17.5 Å². The molecule has 0 radical (unpaired) electrons. The van der Waals surface area contributed by atoms with Crippen molar-refractivity contribution in [2.24, 2.45) is 5.73 Å². The predicted octanol–water partition coefficient (Wildman–Crippen LogP) is 4.15. The highest BCUT2D eigenvalue weighted by Crippen LogP contribution is 2.35. The number of aldehydes is 1. The number of carbonyl (C=O) groups is 2. The van der Waals surface area contributed by atoms with E-state index in [1.54, 1.807) is 0 Å². The van der Waals surface area contributed by atoms with E-state index in [-0.39, 0.29) is 17.3 Å². The minimum Gasteiger partial charge on any atom is -0.351 e. The van der Waals surface area contributed by atoms with Gasteiger partial charge in [-0.15, -0.1) is 0 Å². The fourth-order valence-corrected chi connectivity index (χ4v) is 2.07. The van der Waals surface area contributed by atoms with Crippen molar-refractivity contribution in [2.75, 3.05) is 4.90 Å². The second kappa shape index (κ2) is 6.46. The van der Waals surface area contributed by atoms with Crippen LogP contribution in [0.25, 0.3) is 0 Å². The molecule has 0 heterocycles. The number of benzene rings is 2. The van der Waals surface area contributed by atoms with E-state index < -0.39 is 52.2 Å². The Morgan fingerprint density at radius 1 is 1.00 bits per heavy atom. The minimum absolute atomic E-state index is 0.0906. The van der Waals surface area contributed by atoms with E-state index in [9.17, 15) is 35.9 Å². The molecule has 0 aromatic heterocycles. The van der Waals surface area contributed by atoms with Gasteiger partial charge in [0.25, 0.3) is 0 Å². The molecule has 2 aromatic carbocycles. The standard InChI is InChI=1S/C15H8F6N2O2/c16-9-2-4-12(13(18)8(9)6-24)23(14(22)25)11-3-1-7(5-10(11)17)15(19,20)21/h1-6H,(H2,22,25). The number of carbonyl (C=O) groups excluding carboxylic acids is 2. The highest BCUT2D eigenvalue weighted by Gasteiger charge is 2.32. The lowest BCUT2D eigenvalue weighted by Gasteiger charge is -2.23. The summed E-state index contributed by atoms with van der Waals surface area (Å²) in [4.78, 5) is 22.5. The lowest BCUT2D eigenvalue weighted by Crippen LogP contribution is -2.33. The zero-order valence-corrected chi connectivity index (χ0v) is 12.1. The molecule has 0 spiro atoms. The smallest absolute Gasteiger partial charge is 0.351 e. The molecule has 0 saturated heterocycles. The first-order valence-corrected chi connectivity index (χ1v) is 6.47. The van der Waals surface area contributed by atoms with Crippen molar-refractivity contribution in [3.63, 3.8) is 0 Å². The Kier molecular flexibility index (Phi) is 4.73. The number of amides is 2. The summed E-state index contributed by atoms with van der Waals surface area (Å²) in [5.74, 6) is -4.29. The van der Waals surface area contributed by atoms with Crippen LogP contribution in [0.2, 0.25) is 0 Å². The number of nitrogens with two attached hydrogens (primary N) is 1. The molecule has 0 bridgehead atoms. The monoisotopic (exact) mass is 362 g/mol. The van der Waals surface area contributed by atoms with Crippen LogP contribution < -0.4 is 10.6 Å². The second-order valence-electron chi connectivity index (χ2n) is 4.75. The summed E-state index contributed by atoms with van der Waals surface area (Å²) >= 11 is 0. The molecule has 2 amide bonds. The third-order valence-corrected chi connectivity index (χ3v) is 3.20. The van der Waals surface area contributed by atoms with E-state index in [2.05, 4.69) is 0 Å². The fourth-order valence-electron chi connectivity index (χ4n) is 2.07. The van der Waals surface area contributed by atoms with E-state index in [4.69, 9.17) is 5.73 Å². The number of urea groups is 1. The summed E-state index contributed by atoms with van der Waals surface area (Å²) in [6.45, 7) is 0.